The number of hydrogen-bond acceptors (Lipinski definition) is 4. The van der Waals surface area contributed by atoms with Gasteiger partial charge in [-0.3, -0.25) is 4.79 Å². The molecule has 1 atom stereocenters. The first-order chi connectivity index (χ1) is 12.2. The van der Waals surface area contributed by atoms with E-state index in [9.17, 15) is 10.1 Å². The molecule has 1 unspecified atom stereocenters. The summed E-state index contributed by atoms with van der Waals surface area (Å²) in [7, 11) is 1.70. The maximum absolute atomic E-state index is 13.0. The third-order valence-corrected chi connectivity index (χ3v) is 5.50. The summed E-state index contributed by atoms with van der Waals surface area (Å²) in [6.07, 6.45) is 2.06. The van der Waals surface area contributed by atoms with Gasteiger partial charge in [-0.2, -0.15) is 5.26 Å². The molecule has 0 saturated carbocycles. The maximum atomic E-state index is 13.0. The topological polar surface area (TPSA) is 53.3 Å². The van der Waals surface area contributed by atoms with Crippen LogP contribution in [0.3, 0.4) is 0 Å². The Kier molecular flexibility index (Phi) is 5.75. The third kappa shape index (κ3) is 4.04. The molecule has 1 aliphatic heterocycles. The van der Waals surface area contributed by atoms with Crippen molar-refractivity contribution in [1.82, 2.24) is 4.90 Å². The van der Waals surface area contributed by atoms with Gasteiger partial charge < -0.3 is 9.64 Å². The summed E-state index contributed by atoms with van der Waals surface area (Å²) >= 11 is 1.46. The highest BCUT2D eigenvalue weighted by atomic mass is 32.2. The standard InChI is InChI=1S/C20H20N2O2S/c1-24-16-8-6-12-22(14-16)20(23)17-9-3-5-11-19(17)25-18-10-4-2-7-15(18)13-21/h2-5,7,9-11,16H,6,8,12,14H2,1H3. The summed E-state index contributed by atoms with van der Waals surface area (Å²) in [6.45, 7) is 1.38. The van der Waals surface area contributed by atoms with Gasteiger partial charge >= 0.3 is 0 Å². The van der Waals surface area contributed by atoms with E-state index in [1.54, 1.807) is 13.2 Å². The first-order valence-electron chi connectivity index (χ1n) is 8.31. The van der Waals surface area contributed by atoms with Gasteiger partial charge in [0.2, 0.25) is 0 Å². The van der Waals surface area contributed by atoms with Gasteiger partial charge in [0.1, 0.15) is 6.07 Å². The molecule has 128 valence electrons. The molecule has 0 bridgehead atoms. The average molecular weight is 352 g/mol. The number of piperidine rings is 1. The van der Waals surface area contributed by atoms with Gasteiger partial charge in [-0.05, 0) is 37.1 Å². The highest BCUT2D eigenvalue weighted by molar-refractivity contribution is 7.99. The molecule has 0 aliphatic carbocycles. The van der Waals surface area contributed by atoms with Crippen molar-refractivity contribution in [2.24, 2.45) is 0 Å². The second-order valence-electron chi connectivity index (χ2n) is 5.96. The highest BCUT2D eigenvalue weighted by Crippen LogP contribution is 2.33. The molecule has 1 aliphatic rings. The first-order valence-corrected chi connectivity index (χ1v) is 9.12. The predicted octanol–water partition coefficient (Wildman–Crippen LogP) is 3.96. The second kappa shape index (κ2) is 8.19. The van der Waals surface area contributed by atoms with Gasteiger partial charge in [-0.1, -0.05) is 36.0 Å². The van der Waals surface area contributed by atoms with Crippen LogP contribution in [0.15, 0.2) is 58.3 Å². The van der Waals surface area contributed by atoms with Crippen molar-refractivity contribution in [1.29, 1.82) is 5.26 Å². The van der Waals surface area contributed by atoms with E-state index in [0.29, 0.717) is 17.7 Å². The third-order valence-electron chi connectivity index (χ3n) is 4.34. The van der Waals surface area contributed by atoms with E-state index in [2.05, 4.69) is 6.07 Å². The Labute approximate surface area is 152 Å². The quantitative estimate of drug-likeness (QED) is 0.836. The lowest BCUT2D eigenvalue weighted by Crippen LogP contribution is -2.43. The lowest BCUT2D eigenvalue weighted by molar-refractivity contribution is 0.0267. The number of nitrogens with zero attached hydrogens (tertiary/aromatic N) is 2. The van der Waals surface area contributed by atoms with Crippen LogP contribution < -0.4 is 0 Å². The van der Waals surface area contributed by atoms with Crippen molar-refractivity contribution in [3.63, 3.8) is 0 Å². The Morgan fingerprint density at radius 1 is 1.20 bits per heavy atom. The molecule has 0 N–H and O–H groups in total. The number of methoxy groups -OCH3 is 1. The lowest BCUT2D eigenvalue weighted by atomic mass is 10.1. The van der Waals surface area contributed by atoms with E-state index >= 15 is 0 Å². The normalized spacial score (nSPS) is 17.1. The summed E-state index contributed by atoms with van der Waals surface area (Å²) < 4.78 is 5.43. The number of carbonyl (C=O) groups excluding carboxylic acids is 1. The fourth-order valence-electron chi connectivity index (χ4n) is 2.98. The summed E-state index contributed by atoms with van der Waals surface area (Å²) in [5.74, 6) is 0.0271. The van der Waals surface area contributed by atoms with Crippen LogP contribution in [0.2, 0.25) is 0 Å². The van der Waals surface area contributed by atoms with Crippen LogP contribution in [0.25, 0.3) is 0 Å². The van der Waals surface area contributed by atoms with Crippen molar-refractivity contribution in [3.05, 3.63) is 59.7 Å². The van der Waals surface area contributed by atoms with E-state index in [1.165, 1.54) is 11.8 Å². The molecule has 0 spiro atoms. The van der Waals surface area contributed by atoms with Crippen LogP contribution in [0.4, 0.5) is 0 Å². The van der Waals surface area contributed by atoms with E-state index in [0.717, 1.165) is 29.2 Å². The molecule has 2 aromatic rings. The molecular formula is C20H20N2O2S. The van der Waals surface area contributed by atoms with Crippen molar-refractivity contribution >= 4 is 17.7 Å². The summed E-state index contributed by atoms with van der Waals surface area (Å²) in [4.78, 5) is 16.6. The van der Waals surface area contributed by atoms with Gasteiger partial charge in [0.15, 0.2) is 0 Å². The monoisotopic (exact) mass is 352 g/mol. The Bertz CT molecular complexity index is 800. The number of hydrogen-bond donors (Lipinski definition) is 0. The van der Waals surface area contributed by atoms with E-state index in [1.807, 2.05) is 47.4 Å². The van der Waals surface area contributed by atoms with Crippen molar-refractivity contribution in [3.8, 4) is 6.07 Å². The van der Waals surface area contributed by atoms with Crippen molar-refractivity contribution < 1.29 is 9.53 Å². The molecule has 0 aromatic heterocycles. The second-order valence-corrected chi connectivity index (χ2v) is 7.04. The molecule has 1 fully saturated rings. The molecular weight excluding hydrogens is 332 g/mol. The van der Waals surface area contributed by atoms with E-state index in [-0.39, 0.29) is 12.0 Å². The summed E-state index contributed by atoms with van der Waals surface area (Å²) in [5, 5.41) is 9.28. The molecule has 5 heteroatoms. The Morgan fingerprint density at radius 2 is 1.92 bits per heavy atom. The van der Waals surface area contributed by atoms with E-state index < -0.39 is 0 Å². The average Bonchev–Trinajstić information content (AvgIpc) is 2.68. The van der Waals surface area contributed by atoms with E-state index in [4.69, 9.17) is 4.74 Å². The van der Waals surface area contributed by atoms with Gasteiger partial charge in [0, 0.05) is 30.0 Å². The molecule has 4 nitrogen and oxygen atoms in total. The molecule has 3 rings (SSSR count). The number of carbonyl (C=O) groups is 1. The van der Waals surface area contributed by atoms with Crippen LogP contribution in [0.1, 0.15) is 28.8 Å². The number of ether oxygens (including phenoxy) is 1. The Morgan fingerprint density at radius 3 is 2.68 bits per heavy atom. The molecule has 25 heavy (non-hydrogen) atoms. The predicted molar refractivity (Wildman–Crippen MR) is 97.7 cm³/mol. The zero-order valence-electron chi connectivity index (χ0n) is 14.1. The zero-order valence-corrected chi connectivity index (χ0v) is 15.0. The fraction of sp³-hybridized carbons (Fsp3) is 0.300. The van der Waals surface area contributed by atoms with Crippen LogP contribution >= 0.6 is 11.8 Å². The minimum absolute atomic E-state index is 0.0271. The Balaban J connectivity index is 1.86. The minimum Gasteiger partial charge on any atom is -0.380 e. The smallest absolute Gasteiger partial charge is 0.255 e. The largest absolute Gasteiger partial charge is 0.380 e. The number of amides is 1. The summed E-state index contributed by atoms with van der Waals surface area (Å²) in [5.41, 5.74) is 1.30. The van der Waals surface area contributed by atoms with Crippen LogP contribution in [-0.4, -0.2) is 37.1 Å². The lowest BCUT2D eigenvalue weighted by Gasteiger charge is -2.32. The minimum atomic E-state index is 0.0271. The number of nitriles is 1. The van der Waals surface area contributed by atoms with Gasteiger partial charge in [-0.15, -0.1) is 0 Å². The van der Waals surface area contributed by atoms with Gasteiger partial charge in [0.05, 0.1) is 17.2 Å². The summed E-state index contributed by atoms with van der Waals surface area (Å²) in [6, 6.07) is 17.3. The number of likely N-dealkylation sites (tertiary alicyclic amines) is 1. The molecule has 1 amide bonds. The van der Waals surface area contributed by atoms with Crippen molar-refractivity contribution in [2.45, 2.75) is 28.7 Å². The number of benzene rings is 2. The molecule has 0 radical (unpaired) electrons. The van der Waals surface area contributed by atoms with Crippen molar-refractivity contribution in [2.75, 3.05) is 20.2 Å². The SMILES string of the molecule is COC1CCCN(C(=O)c2ccccc2Sc2ccccc2C#N)C1. The molecule has 2 aromatic carbocycles. The zero-order chi connectivity index (χ0) is 17.6. The van der Waals surface area contributed by atoms with Crippen LogP contribution in [-0.2, 0) is 4.74 Å². The maximum Gasteiger partial charge on any atom is 0.255 e. The highest BCUT2D eigenvalue weighted by Gasteiger charge is 2.25. The van der Waals surface area contributed by atoms with Crippen LogP contribution in [0, 0.1) is 11.3 Å². The van der Waals surface area contributed by atoms with Gasteiger partial charge in [0.25, 0.3) is 5.91 Å². The van der Waals surface area contributed by atoms with Gasteiger partial charge in [-0.25, -0.2) is 0 Å². The number of rotatable bonds is 4. The van der Waals surface area contributed by atoms with Crippen LogP contribution in [0.5, 0.6) is 0 Å². The first kappa shape index (κ1) is 17.5. The molecule has 1 saturated heterocycles. The molecule has 1 heterocycles. The fourth-order valence-corrected chi connectivity index (χ4v) is 4.00. The Hall–Kier alpha value is -2.29.